The van der Waals surface area contributed by atoms with E-state index in [-0.39, 0.29) is 36.7 Å². The molecule has 1 aliphatic rings. The van der Waals surface area contributed by atoms with Gasteiger partial charge in [0, 0.05) is 18.0 Å². The topological polar surface area (TPSA) is 48.1 Å². The predicted octanol–water partition coefficient (Wildman–Crippen LogP) is 5.30. The number of fused-ring (bicyclic) bond motifs is 1. The number of benzene rings is 2. The highest BCUT2D eigenvalue weighted by atomic mass is 35.5. The Kier molecular flexibility index (Phi) is 7.05. The van der Waals surface area contributed by atoms with Crippen LogP contribution in [0.1, 0.15) is 24.5 Å². The quantitative estimate of drug-likeness (QED) is 0.625. The standard InChI is InChI=1S/C22H21FN2O.2ClH/c1-22(24,21-11-8-16-4-2-3-5-20(16)26-21)18-12-17(13-25-14-18)15-6-9-19(23)10-7-15;;/h2-7,9-10,12-14,21H,8,11,24H2,1H3;2*1H/t21-,22?;;/m0../s1. The lowest BCUT2D eigenvalue weighted by atomic mass is 9.83. The molecule has 2 atom stereocenters. The lowest BCUT2D eigenvalue weighted by molar-refractivity contribution is 0.0958. The third-order valence-corrected chi connectivity index (χ3v) is 5.12. The average molecular weight is 421 g/mol. The second-order valence-corrected chi connectivity index (χ2v) is 7.00. The molecule has 1 aliphatic heterocycles. The van der Waals surface area contributed by atoms with Crippen molar-refractivity contribution in [1.82, 2.24) is 4.98 Å². The first-order valence-electron chi connectivity index (χ1n) is 8.79. The molecule has 3 nitrogen and oxygen atoms in total. The molecule has 2 heterocycles. The van der Waals surface area contributed by atoms with Gasteiger partial charge < -0.3 is 10.5 Å². The summed E-state index contributed by atoms with van der Waals surface area (Å²) in [5, 5.41) is 0. The summed E-state index contributed by atoms with van der Waals surface area (Å²) in [4.78, 5) is 4.36. The molecule has 3 aromatic rings. The van der Waals surface area contributed by atoms with Gasteiger partial charge >= 0.3 is 0 Å². The molecule has 0 bridgehead atoms. The van der Waals surface area contributed by atoms with Crippen molar-refractivity contribution < 1.29 is 9.13 Å². The largest absolute Gasteiger partial charge is 0.488 e. The molecular weight excluding hydrogens is 398 g/mol. The molecule has 0 saturated carbocycles. The fourth-order valence-electron chi connectivity index (χ4n) is 3.47. The maximum Gasteiger partial charge on any atom is 0.123 e. The summed E-state index contributed by atoms with van der Waals surface area (Å²) in [5.41, 5.74) is 9.98. The number of nitrogens with zero attached hydrogens (tertiary/aromatic N) is 1. The Bertz CT molecular complexity index is 932. The summed E-state index contributed by atoms with van der Waals surface area (Å²) in [5.74, 6) is 0.652. The van der Waals surface area contributed by atoms with Gasteiger partial charge in [-0.2, -0.15) is 0 Å². The smallest absolute Gasteiger partial charge is 0.123 e. The van der Waals surface area contributed by atoms with Crippen LogP contribution in [0.3, 0.4) is 0 Å². The zero-order valence-electron chi connectivity index (χ0n) is 15.5. The molecule has 1 aromatic heterocycles. The molecule has 28 heavy (non-hydrogen) atoms. The van der Waals surface area contributed by atoms with E-state index in [0.717, 1.165) is 35.3 Å². The lowest BCUT2D eigenvalue weighted by Gasteiger charge is -2.38. The highest BCUT2D eigenvalue weighted by Gasteiger charge is 2.36. The Morgan fingerprint density at radius 1 is 1.04 bits per heavy atom. The minimum Gasteiger partial charge on any atom is -0.488 e. The molecule has 0 spiro atoms. The molecule has 2 aromatic carbocycles. The third-order valence-electron chi connectivity index (χ3n) is 5.12. The van der Waals surface area contributed by atoms with Crippen LogP contribution >= 0.6 is 24.8 Å². The van der Waals surface area contributed by atoms with E-state index in [0.29, 0.717) is 0 Å². The van der Waals surface area contributed by atoms with Gasteiger partial charge in [0.15, 0.2) is 0 Å². The first-order chi connectivity index (χ1) is 12.5. The van der Waals surface area contributed by atoms with Crippen molar-refractivity contribution in [3.63, 3.8) is 0 Å². The molecule has 0 aliphatic carbocycles. The highest BCUT2D eigenvalue weighted by molar-refractivity contribution is 5.85. The van der Waals surface area contributed by atoms with E-state index in [2.05, 4.69) is 11.1 Å². The van der Waals surface area contributed by atoms with Gasteiger partial charge in [0.2, 0.25) is 0 Å². The van der Waals surface area contributed by atoms with Crippen LogP contribution in [0.25, 0.3) is 11.1 Å². The van der Waals surface area contributed by atoms with Crippen molar-refractivity contribution >= 4 is 24.8 Å². The Labute approximate surface area is 177 Å². The first-order valence-corrected chi connectivity index (χ1v) is 8.79. The maximum absolute atomic E-state index is 13.2. The lowest BCUT2D eigenvalue weighted by Crippen LogP contribution is -2.49. The Hall–Kier alpha value is -2.14. The monoisotopic (exact) mass is 420 g/mol. The fourth-order valence-corrected chi connectivity index (χ4v) is 3.47. The summed E-state index contributed by atoms with van der Waals surface area (Å²) in [6.45, 7) is 1.98. The minimum absolute atomic E-state index is 0. The average Bonchev–Trinajstić information content (AvgIpc) is 2.68. The summed E-state index contributed by atoms with van der Waals surface area (Å²) in [7, 11) is 0. The van der Waals surface area contributed by atoms with Crippen molar-refractivity contribution in [3.05, 3.63) is 83.9 Å². The predicted molar refractivity (Wildman–Crippen MR) is 115 cm³/mol. The molecule has 1 unspecified atom stereocenters. The fraction of sp³-hybridized carbons (Fsp3) is 0.227. The second kappa shape index (κ2) is 8.91. The van der Waals surface area contributed by atoms with E-state index < -0.39 is 5.54 Å². The molecule has 0 amide bonds. The van der Waals surface area contributed by atoms with E-state index >= 15 is 0 Å². The van der Waals surface area contributed by atoms with E-state index in [9.17, 15) is 4.39 Å². The summed E-state index contributed by atoms with van der Waals surface area (Å²) in [6.07, 6.45) is 5.22. The van der Waals surface area contributed by atoms with Crippen LogP contribution in [-0.2, 0) is 12.0 Å². The summed E-state index contributed by atoms with van der Waals surface area (Å²) < 4.78 is 19.4. The van der Waals surface area contributed by atoms with E-state index in [4.69, 9.17) is 10.5 Å². The number of pyridine rings is 1. The van der Waals surface area contributed by atoms with Gasteiger partial charge in [0.1, 0.15) is 17.7 Å². The summed E-state index contributed by atoms with van der Waals surface area (Å²) in [6, 6.07) is 16.5. The van der Waals surface area contributed by atoms with Crippen LogP contribution in [-0.4, -0.2) is 11.1 Å². The molecule has 6 heteroatoms. The molecular formula is C22H23Cl2FN2O. The highest BCUT2D eigenvalue weighted by Crippen LogP contribution is 2.35. The number of aromatic nitrogens is 1. The van der Waals surface area contributed by atoms with Gasteiger partial charge in [-0.05, 0) is 60.7 Å². The van der Waals surface area contributed by atoms with Gasteiger partial charge in [0.05, 0.1) is 5.54 Å². The number of hydrogen-bond acceptors (Lipinski definition) is 3. The zero-order chi connectivity index (χ0) is 18.1. The Morgan fingerprint density at radius 3 is 2.50 bits per heavy atom. The van der Waals surface area contributed by atoms with Gasteiger partial charge in [-0.1, -0.05) is 30.3 Å². The van der Waals surface area contributed by atoms with E-state index in [1.165, 1.54) is 17.7 Å². The molecule has 2 N–H and O–H groups in total. The maximum atomic E-state index is 13.2. The van der Waals surface area contributed by atoms with Crippen LogP contribution in [0, 0.1) is 5.82 Å². The van der Waals surface area contributed by atoms with Crippen LogP contribution in [0.4, 0.5) is 4.39 Å². The van der Waals surface area contributed by atoms with Crippen LogP contribution in [0.2, 0.25) is 0 Å². The normalized spacial score (nSPS) is 17.2. The number of rotatable bonds is 3. The minimum atomic E-state index is -0.684. The molecule has 4 rings (SSSR count). The van der Waals surface area contributed by atoms with Crippen molar-refractivity contribution in [2.24, 2.45) is 5.73 Å². The van der Waals surface area contributed by atoms with Gasteiger partial charge in [-0.3, -0.25) is 4.98 Å². The van der Waals surface area contributed by atoms with Crippen molar-refractivity contribution in [1.29, 1.82) is 0 Å². The molecule has 0 fully saturated rings. The van der Waals surface area contributed by atoms with Crippen LogP contribution in [0.15, 0.2) is 67.0 Å². The Balaban J connectivity index is 0.00000140. The molecule has 0 saturated heterocycles. The van der Waals surface area contributed by atoms with Crippen LogP contribution in [0.5, 0.6) is 5.75 Å². The Morgan fingerprint density at radius 2 is 1.75 bits per heavy atom. The number of hydrogen-bond donors (Lipinski definition) is 1. The van der Waals surface area contributed by atoms with Gasteiger partial charge in [-0.25, -0.2) is 4.39 Å². The molecule has 148 valence electrons. The number of ether oxygens (including phenoxy) is 1. The number of nitrogens with two attached hydrogens (primary N) is 1. The van der Waals surface area contributed by atoms with Crippen molar-refractivity contribution in [2.75, 3.05) is 0 Å². The van der Waals surface area contributed by atoms with E-state index in [1.807, 2.05) is 31.2 Å². The van der Waals surface area contributed by atoms with Crippen molar-refractivity contribution in [3.8, 4) is 16.9 Å². The summed E-state index contributed by atoms with van der Waals surface area (Å²) >= 11 is 0. The van der Waals surface area contributed by atoms with Crippen molar-refractivity contribution in [2.45, 2.75) is 31.4 Å². The number of halogens is 3. The van der Waals surface area contributed by atoms with Crippen LogP contribution < -0.4 is 10.5 Å². The van der Waals surface area contributed by atoms with Gasteiger partial charge in [-0.15, -0.1) is 24.8 Å². The SMILES string of the molecule is CC(N)(c1cncc(-c2ccc(F)cc2)c1)[C@@H]1CCc2ccccc2O1.Cl.Cl. The zero-order valence-corrected chi connectivity index (χ0v) is 17.1. The first kappa shape index (κ1) is 22.2. The third kappa shape index (κ3) is 4.30. The molecule has 0 radical (unpaired) electrons. The number of aryl methyl sites for hydroxylation is 1. The second-order valence-electron chi connectivity index (χ2n) is 7.00. The van der Waals surface area contributed by atoms with Gasteiger partial charge in [0.25, 0.3) is 0 Å². The van der Waals surface area contributed by atoms with E-state index in [1.54, 1.807) is 24.5 Å². The number of para-hydroxylation sites is 1.